The van der Waals surface area contributed by atoms with E-state index in [1.54, 1.807) is 10.9 Å². The van der Waals surface area contributed by atoms with E-state index in [4.69, 9.17) is 10.5 Å². The van der Waals surface area contributed by atoms with E-state index >= 15 is 0 Å². The van der Waals surface area contributed by atoms with Gasteiger partial charge in [0.15, 0.2) is 0 Å². The maximum Gasteiger partial charge on any atom is 0.0769 e. The van der Waals surface area contributed by atoms with E-state index in [2.05, 4.69) is 29.1 Å². The predicted octanol–water partition coefficient (Wildman–Crippen LogP) is -0.0743. The molecule has 2 N–H and O–H groups in total. The maximum absolute atomic E-state index is 6.37. The summed E-state index contributed by atoms with van der Waals surface area (Å²) in [6.45, 7) is 7.73. The minimum Gasteiger partial charge on any atom is -0.379 e. The SMILES string of the molecule is Cn1nncc1C(N)C(C)(C)N1CCOCC1. The van der Waals surface area contributed by atoms with Crippen LogP contribution in [0.1, 0.15) is 25.6 Å². The Labute approximate surface area is 102 Å². The summed E-state index contributed by atoms with van der Waals surface area (Å²) in [4.78, 5) is 2.37. The molecule has 0 aliphatic carbocycles. The van der Waals surface area contributed by atoms with Crippen LogP contribution in [0.3, 0.4) is 0 Å². The van der Waals surface area contributed by atoms with Gasteiger partial charge >= 0.3 is 0 Å². The van der Waals surface area contributed by atoms with Crippen LogP contribution in [0.2, 0.25) is 0 Å². The Kier molecular flexibility index (Phi) is 3.46. The molecule has 1 aliphatic rings. The Bertz CT molecular complexity index is 370. The number of rotatable bonds is 3. The second kappa shape index (κ2) is 4.72. The van der Waals surface area contributed by atoms with Gasteiger partial charge in [-0.15, -0.1) is 5.10 Å². The molecule has 2 rings (SSSR count). The van der Waals surface area contributed by atoms with Crippen molar-refractivity contribution in [3.8, 4) is 0 Å². The van der Waals surface area contributed by atoms with Crippen LogP contribution in [0.5, 0.6) is 0 Å². The van der Waals surface area contributed by atoms with E-state index in [0.717, 1.165) is 32.0 Å². The molecule has 1 aliphatic heterocycles. The fourth-order valence-corrected chi connectivity index (χ4v) is 2.28. The lowest BCUT2D eigenvalue weighted by Gasteiger charge is -2.44. The maximum atomic E-state index is 6.37. The van der Waals surface area contributed by atoms with Gasteiger partial charge in [-0.2, -0.15) is 0 Å². The number of hydrogen-bond donors (Lipinski definition) is 1. The van der Waals surface area contributed by atoms with Crippen molar-refractivity contribution < 1.29 is 4.74 Å². The van der Waals surface area contributed by atoms with Crippen LogP contribution < -0.4 is 5.73 Å². The molecule has 17 heavy (non-hydrogen) atoms. The molecular weight excluding hydrogens is 218 g/mol. The van der Waals surface area contributed by atoms with Gasteiger partial charge in [-0.05, 0) is 13.8 Å². The smallest absolute Gasteiger partial charge is 0.0769 e. The van der Waals surface area contributed by atoms with Crippen LogP contribution in [0, 0.1) is 0 Å². The van der Waals surface area contributed by atoms with Crippen molar-refractivity contribution in [3.63, 3.8) is 0 Å². The average molecular weight is 239 g/mol. The lowest BCUT2D eigenvalue weighted by atomic mass is 9.90. The molecule has 1 aromatic rings. The lowest BCUT2D eigenvalue weighted by Crippen LogP contribution is -2.55. The van der Waals surface area contributed by atoms with Crippen LogP contribution in [0.4, 0.5) is 0 Å². The predicted molar refractivity (Wildman–Crippen MR) is 64.4 cm³/mol. The number of aryl methyl sites for hydroxylation is 1. The summed E-state index contributed by atoms with van der Waals surface area (Å²) in [6, 6.07) is -0.111. The van der Waals surface area contributed by atoms with Gasteiger partial charge in [-0.1, -0.05) is 5.21 Å². The third-order valence-corrected chi connectivity index (χ3v) is 3.66. The summed E-state index contributed by atoms with van der Waals surface area (Å²) in [5, 5.41) is 7.83. The zero-order valence-electron chi connectivity index (χ0n) is 10.8. The molecule has 0 aromatic carbocycles. The molecule has 1 saturated heterocycles. The molecular formula is C11H21N5O. The first-order chi connectivity index (χ1) is 8.03. The van der Waals surface area contributed by atoms with Gasteiger partial charge in [0.25, 0.3) is 0 Å². The van der Waals surface area contributed by atoms with Crippen LogP contribution in [-0.4, -0.2) is 51.7 Å². The third-order valence-electron chi connectivity index (χ3n) is 3.66. The van der Waals surface area contributed by atoms with E-state index in [-0.39, 0.29) is 11.6 Å². The van der Waals surface area contributed by atoms with Crippen molar-refractivity contribution >= 4 is 0 Å². The topological polar surface area (TPSA) is 69.2 Å². The Balaban J connectivity index is 2.16. The van der Waals surface area contributed by atoms with Gasteiger partial charge in [-0.3, -0.25) is 9.58 Å². The normalized spacial score (nSPS) is 20.5. The van der Waals surface area contributed by atoms with Gasteiger partial charge in [0.05, 0.1) is 31.1 Å². The molecule has 0 bridgehead atoms. The zero-order valence-corrected chi connectivity index (χ0v) is 10.8. The molecule has 1 atom stereocenters. The van der Waals surface area contributed by atoms with Gasteiger partial charge in [0.1, 0.15) is 0 Å². The van der Waals surface area contributed by atoms with Crippen molar-refractivity contribution in [2.75, 3.05) is 26.3 Å². The number of nitrogens with zero attached hydrogens (tertiary/aromatic N) is 4. The average Bonchev–Trinajstić information content (AvgIpc) is 2.75. The highest BCUT2D eigenvalue weighted by molar-refractivity contribution is 5.09. The van der Waals surface area contributed by atoms with Gasteiger partial charge in [0.2, 0.25) is 0 Å². The summed E-state index contributed by atoms with van der Waals surface area (Å²) in [5.41, 5.74) is 7.20. The van der Waals surface area contributed by atoms with Crippen LogP contribution in [-0.2, 0) is 11.8 Å². The minimum atomic E-state index is -0.126. The Morgan fingerprint density at radius 2 is 2.06 bits per heavy atom. The van der Waals surface area contributed by atoms with E-state index in [1.165, 1.54) is 0 Å². The lowest BCUT2D eigenvalue weighted by molar-refractivity contribution is -0.0198. The first-order valence-corrected chi connectivity index (χ1v) is 5.96. The molecule has 6 heteroatoms. The van der Waals surface area contributed by atoms with Crippen molar-refractivity contribution in [1.82, 2.24) is 19.9 Å². The van der Waals surface area contributed by atoms with Gasteiger partial charge in [0, 0.05) is 25.7 Å². The molecule has 96 valence electrons. The molecule has 1 aromatic heterocycles. The van der Waals surface area contributed by atoms with E-state index in [1.807, 2.05) is 7.05 Å². The standard InChI is InChI=1S/C11H21N5O/c1-11(2,16-4-6-17-7-5-16)10(12)9-8-13-14-15(9)3/h8,10H,4-7,12H2,1-3H3. The van der Waals surface area contributed by atoms with E-state index in [0.29, 0.717) is 0 Å². The molecule has 2 heterocycles. The van der Waals surface area contributed by atoms with Crippen LogP contribution in [0.25, 0.3) is 0 Å². The second-order valence-corrected chi connectivity index (χ2v) is 5.01. The summed E-state index contributed by atoms with van der Waals surface area (Å²) in [7, 11) is 1.87. The van der Waals surface area contributed by atoms with Gasteiger partial charge in [-0.25, -0.2) is 0 Å². The van der Waals surface area contributed by atoms with Crippen molar-refractivity contribution in [3.05, 3.63) is 11.9 Å². The number of morpholine rings is 1. The molecule has 0 radical (unpaired) electrons. The monoisotopic (exact) mass is 239 g/mol. The highest BCUT2D eigenvalue weighted by Crippen LogP contribution is 2.28. The number of nitrogens with two attached hydrogens (primary N) is 1. The number of ether oxygens (including phenoxy) is 1. The fourth-order valence-electron chi connectivity index (χ4n) is 2.28. The highest BCUT2D eigenvalue weighted by Gasteiger charge is 2.36. The molecule has 1 fully saturated rings. The quantitative estimate of drug-likeness (QED) is 0.799. The molecule has 0 spiro atoms. The van der Waals surface area contributed by atoms with E-state index < -0.39 is 0 Å². The van der Waals surface area contributed by atoms with Crippen molar-refractivity contribution in [1.29, 1.82) is 0 Å². The Morgan fingerprint density at radius 3 is 2.59 bits per heavy atom. The number of hydrogen-bond acceptors (Lipinski definition) is 5. The largest absolute Gasteiger partial charge is 0.379 e. The van der Waals surface area contributed by atoms with Crippen LogP contribution >= 0.6 is 0 Å². The zero-order chi connectivity index (χ0) is 12.5. The molecule has 0 saturated carbocycles. The van der Waals surface area contributed by atoms with Crippen LogP contribution in [0.15, 0.2) is 6.20 Å². The third kappa shape index (κ3) is 2.34. The molecule has 0 amide bonds. The van der Waals surface area contributed by atoms with E-state index in [9.17, 15) is 0 Å². The Morgan fingerprint density at radius 1 is 1.41 bits per heavy atom. The second-order valence-electron chi connectivity index (χ2n) is 5.01. The fraction of sp³-hybridized carbons (Fsp3) is 0.818. The van der Waals surface area contributed by atoms with Gasteiger partial charge < -0.3 is 10.5 Å². The summed E-state index contributed by atoms with van der Waals surface area (Å²) < 4.78 is 7.12. The van der Waals surface area contributed by atoms with Crippen molar-refractivity contribution in [2.24, 2.45) is 12.8 Å². The van der Waals surface area contributed by atoms with Crippen molar-refractivity contribution in [2.45, 2.75) is 25.4 Å². The summed E-state index contributed by atoms with van der Waals surface area (Å²) >= 11 is 0. The Hall–Kier alpha value is -0.980. The first-order valence-electron chi connectivity index (χ1n) is 5.96. The minimum absolute atomic E-state index is 0.111. The number of aromatic nitrogens is 3. The summed E-state index contributed by atoms with van der Waals surface area (Å²) in [6.07, 6.45) is 1.74. The summed E-state index contributed by atoms with van der Waals surface area (Å²) in [5.74, 6) is 0. The molecule has 1 unspecified atom stereocenters. The first kappa shape index (κ1) is 12.5. The molecule has 6 nitrogen and oxygen atoms in total. The highest BCUT2D eigenvalue weighted by atomic mass is 16.5.